The summed E-state index contributed by atoms with van der Waals surface area (Å²) in [6.07, 6.45) is 0. The summed E-state index contributed by atoms with van der Waals surface area (Å²) in [4.78, 5) is 8.75. The number of hydrogen-bond donors (Lipinski definition) is 0. The molecule has 4 nitrogen and oxygen atoms in total. The summed E-state index contributed by atoms with van der Waals surface area (Å²) in [5.74, 6) is -0.337. The van der Waals surface area contributed by atoms with Crippen LogP contribution in [0.4, 0.5) is 72.6 Å². The predicted octanol–water partition coefficient (Wildman–Crippen LogP) is 15.7. The van der Waals surface area contributed by atoms with Gasteiger partial charge in [-0.05, 0) is 127 Å². The molecule has 284 valence electrons. The van der Waals surface area contributed by atoms with Crippen molar-refractivity contribution in [1.29, 1.82) is 0 Å². The van der Waals surface area contributed by atoms with Crippen molar-refractivity contribution >= 4 is 68.2 Å². The Kier molecular flexibility index (Phi) is 10.6. The fourth-order valence-electron chi connectivity index (χ4n) is 7.61. The number of benzene rings is 9. The maximum absolute atomic E-state index is 16.1. The summed E-state index contributed by atoms with van der Waals surface area (Å²) in [7, 11) is 0. The van der Waals surface area contributed by atoms with Gasteiger partial charge in [0.25, 0.3) is 0 Å². The first-order chi connectivity index (χ1) is 29.2. The lowest BCUT2D eigenvalue weighted by Gasteiger charge is -2.31. The Morgan fingerprint density at radius 3 is 0.644 bits per heavy atom. The molecule has 0 heterocycles. The summed E-state index contributed by atoms with van der Waals surface area (Å²) in [6.45, 7) is 0. The van der Waals surface area contributed by atoms with Gasteiger partial charge in [0.15, 0.2) is 0 Å². The first kappa shape index (κ1) is 36.7. The van der Waals surface area contributed by atoms with Gasteiger partial charge in [-0.3, -0.25) is 0 Å². The molecule has 0 aliphatic heterocycles. The van der Waals surface area contributed by atoms with Crippen molar-refractivity contribution in [3.05, 3.63) is 255 Å². The standard InChI is InChI=1S/C54H41FN4/c55-42-37-53(57(45-25-11-3-12-26-45)46-27-13-4-14-28-46)41-54(38-42)59(48-31-17-6-18-32-48)52-36-20-35-51(40-52)58(47-29-15-5-16-30-47)50-34-19-33-49(39-50)56(43-21-7-1-8-22-43)44-23-9-2-10-24-44/h1-41H. The van der Waals surface area contributed by atoms with E-state index in [9.17, 15) is 0 Å². The van der Waals surface area contributed by atoms with E-state index in [-0.39, 0.29) is 5.82 Å². The van der Waals surface area contributed by atoms with E-state index in [0.29, 0.717) is 11.4 Å². The summed E-state index contributed by atoms with van der Waals surface area (Å²) < 4.78 is 16.1. The Morgan fingerprint density at radius 2 is 0.373 bits per heavy atom. The molecule has 0 fully saturated rings. The third-order valence-electron chi connectivity index (χ3n) is 10.2. The van der Waals surface area contributed by atoms with E-state index in [2.05, 4.69) is 159 Å². The van der Waals surface area contributed by atoms with Crippen molar-refractivity contribution in [1.82, 2.24) is 0 Å². The topological polar surface area (TPSA) is 13.0 Å². The summed E-state index contributed by atoms with van der Waals surface area (Å²) in [5, 5.41) is 0. The van der Waals surface area contributed by atoms with E-state index in [1.165, 1.54) is 0 Å². The van der Waals surface area contributed by atoms with Crippen LogP contribution in [0.3, 0.4) is 0 Å². The molecule has 0 unspecified atom stereocenters. The van der Waals surface area contributed by atoms with E-state index >= 15 is 4.39 Å². The summed E-state index contributed by atoms with van der Waals surface area (Å²) in [5.41, 5.74) is 11.1. The fourth-order valence-corrected chi connectivity index (χ4v) is 7.61. The van der Waals surface area contributed by atoms with Gasteiger partial charge in [0.1, 0.15) is 5.82 Å². The monoisotopic (exact) mass is 764 g/mol. The van der Waals surface area contributed by atoms with Crippen LogP contribution in [0.2, 0.25) is 0 Å². The largest absolute Gasteiger partial charge is 0.310 e. The zero-order valence-electron chi connectivity index (χ0n) is 32.3. The van der Waals surface area contributed by atoms with Crippen molar-refractivity contribution in [2.45, 2.75) is 0 Å². The molecule has 0 saturated carbocycles. The molecule has 9 rings (SSSR count). The summed E-state index contributed by atoms with van der Waals surface area (Å²) >= 11 is 0. The molecule has 0 radical (unpaired) electrons. The normalized spacial score (nSPS) is 10.8. The van der Waals surface area contributed by atoms with E-state index in [4.69, 9.17) is 0 Å². The molecule has 0 spiro atoms. The Balaban J connectivity index is 1.18. The van der Waals surface area contributed by atoms with Crippen LogP contribution in [0.15, 0.2) is 249 Å². The fraction of sp³-hybridized carbons (Fsp3) is 0. The van der Waals surface area contributed by atoms with Crippen molar-refractivity contribution in [2.24, 2.45) is 0 Å². The number of rotatable bonds is 12. The molecular weight excluding hydrogens is 724 g/mol. The quantitative estimate of drug-likeness (QED) is 0.123. The number of halogens is 1. The Bertz CT molecular complexity index is 2650. The smallest absolute Gasteiger partial charge is 0.127 e. The maximum atomic E-state index is 16.1. The van der Waals surface area contributed by atoms with Gasteiger partial charge in [0.05, 0.1) is 11.4 Å². The van der Waals surface area contributed by atoms with Crippen LogP contribution < -0.4 is 19.6 Å². The third kappa shape index (κ3) is 8.04. The van der Waals surface area contributed by atoms with E-state index in [0.717, 1.165) is 56.9 Å². The minimum absolute atomic E-state index is 0.337. The SMILES string of the molecule is Fc1cc(N(c2ccccc2)c2ccccc2)cc(N(c2ccccc2)c2cccc(N(c3ccccc3)c3cccc(N(c4ccccc4)c4ccccc4)c3)c2)c1. The molecule has 0 aliphatic carbocycles. The van der Waals surface area contributed by atoms with Crippen LogP contribution in [0.1, 0.15) is 0 Å². The first-order valence-corrected chi connectivity index (χ1v) is 19.7. The Hall–Kier alpha value is -7.89. The van der Waals surface area contributed by atoms with Gasteiger partial charge in [-0.25, -0.2) is 4.39 Å². The molecule has 0 aromatic heterocycles. The molecule has 0 amide bonds. The highest BCUT2D eigenvalue weighted by Crippen LogP contribution is 2.44. The molecule has 5 heteroatoms. The molecule has 0 saturated heterocycles. The average molecular weight is 765 g/mol. The number of nitrogens with zero attached hydrogens (tertiary/aromatic N) is 4. The van der Waals surface area contributed by atoms with E-state index in [1.54, 1.807) is 12.1 Å². The predicted molar refractivity (Wildman–Crippen MR) is 245 cm³/mol. The van der Waals surface area contributed by atoms with Crippen molar-refractivity contribution in [2.75, 3.05) is 19.6 Å². The number of hydrogen-bond acceptors (Lipinski definition) is 4. The maximum Gasteiger partial charge on any atom is 0.127 e. The van der Waals surface area contributed by atoms with E-state index in [1.807, 2.05) is 97.1 Å². The van der Waals surface area contributed by atoms with Crippen LogP contribution in [-0.4, -0.2) is 0 Å². The highest BCUT2D eigenvalue weighted by atomic mass is 19.1. The highest BCUT2D eigenvalue weighted by molar-refractivity contribution is 5.87. The zero-order chi connectivity index (χ0) is 39.8. The van der Waals surface area contributed by atoms with Gasteiger partial charge in [-0.15, -0.1) is 0 Å². The second-order valence-corrected chi connectivity index (χ2v) is 14.1. The number of para-hydroxylation sites is 6. The Morgan fingerprint density at radius 1 is 0.186 bits per heavy atom. The molecule has 0 bridgehead atoms. The molecule has 0 N–H and O–H groups in total. The van der Waals surface area contributed by atoms with Crippen LogP contribution in [0, 0.1) is 5.82 Å². The minimum atomic E-state index is -0.337. The van der Waals surface area contributed by atoms with Gasteiger partial charge >= 0.3 is 0 Å². The van der Waals surface area contributed by atoms with Gasteiger partial charge in [-0.1, -0.05) is 121 Å². The lowest BCUT2D eigenvalue weighted by atomic mass is 10.1. The molecule has 0 atom stereocenters. The van der Waals surface area contributed by atoms with Crippen molar-refractivity contribution < 1.29 is 4.39 Å². The molecule has 59 heavy (non-hydrogen) atoms. The lowest BCUT2D eigenvalue weighted by molar-refractivity contribution is 0.628. The molecular formula is C54H41FN4. The van der Waals surface area contributed by atoms with Crippen LogP contribution in [-0.2, 0) is 0 Å². The molecule has 0 aliphatic rings. The van der Waals surface area contributed by atoms with Gasteiger partial charge in [-0.2, -0.15) is 0 Å². The van der Waals surface area contributed by atoms with Gasteiger partial charge in [0.2, 0.25) is 0 Å². The second kappa shape index (κ2) is 17.1. The van der Waals surface area contributed by atoms with Crippen LogP contribution in [0.5, 0.6) is 0 Å². The van der Waals surface area contributed by atoms with Gasteiger partial charge in [0, 0.05) is 56.9 Å². The highest BCUT2D eigenvalue weighted by Gasteiger charge is 2.21. The molecule has 9 aromatic carbocycles. The van der Waals surface area contributed by atoms with Crippen molar-refractivity contribution in [3.8, 4) is 0 Å². The third-order valence-corrected chi connectivity index (χ3v) is 10.2. The zero-order valence-corrected chi connectivity index (χ0v) is 32.3. The second-order valence-electron chi connectivity index (χ2n) is 14.1. The minimum Gasteiger partial charge on any atom is -0.310 e. The Labute approximate surface area is 345 Å². The van der Waals surface area contributed by atoms with Crippen molar-refractivity contribution in [3.63, 3.8) is 0 Å². The van der Waals surface area contributed by atoms with E-state index < -0.39 is 0 Å². The van der Waals surface area contributed by atoms with Crippen LogP contribution in [0.25, 0.3) is 0 Å². The average Bonchev–Trinajstić information content (AvgIpc) is 3.29. The molecule has 9 aromatic rings. The van der Waals surface area contributed by atoms with Gasteiger partial charge < -0.3 is 19.6 Å². The van der Waals surface area contributed by atoms with Crippen LogP contribution >= 0.6 is 0 Å². The number of anilines is 12. The first-order valence-electron chi connectivity index (χ1n) is 19.7. The lowest BCUT2D eigenvalue weighted by Crippen LogP contribution is -2.15. The summed E-state index contributed by atoms with van der Waals surface area (Å²) in [6, 6.07) is 84.0.